The highest BCUT2D eigenvalue weighted by Gasteiger charge is 2.17. The largest absolute Gasteiger partial charge is 0.394 e. The summed E-state index contributed by atoms with van der Waals surface area (Å²) in [5.74, 6) is 0. The second-order valence-electron chi connectivity index (χ2n) is 3.27. The van der Waals surface area contributed by atoms with Crippen LogP contribution in [0.25, 0.3) is 0 Å². The monoisotopic (exact) mass is 212 g/mol. The molecule has 0 saturated carbocycles. The molecule has 0 radical (unpaired) electrons. The molecule has 1 aromatic rings. The van der Waals surface area contributed by atoms with Gasteiger partial charge in [-0.1, -0.05) is 30.3 Å². The quantitative estimate of drug-likeness (QED) is 0.616. The summed E-state index contributed by atoms with van der Waals surface area (Å²) < 4.78 is 5.27. The number of ether oxygens (including phenoxy) is 1. The van der Waals surface area contributed by atoms with Gasteiger partial charge in [-0.25, -0.2) is 0 Å². The summed E-state index contributed by atoms with van der Waals surface area (Å²) in [6, 6.07) is 9.44. The first-order valence-corrected chi connectivity index (χ1v) is 4.83. The first-order valence-electron chi connectivity index (χ1n) is 4.83. The number of hydrogen-bond acceptors (Lipinski definition) is 4. The summed E-state index contributed by atoms with van der Waals surface area (Å²) in [4.78, 5) is 0. The van der Waals surface area contributed by atoms with Crippen LogP contribution in [0.5, 0.6) is 0 Å². The zero-order chi connectivity index (χ0) is 11.1. The highest BCUT2D eigenvalue weighted by molar-refractivity contribution is 5.13. The molecule has 84 valence electrons. The van der Waals surface area contributed by atoms with Gasteiger partial charge in [0.1, 0.15) is 12.2 Å². The number of aliphatic hydroxyl groups is 3. The minimum Gasteiger partial charge on any atom is -0.394 e. The van der Waals surface area contributed by atoms with E-state index < -0.39 is 18.8 Å². The fraction of sp³-hybridized carbons (Fsp3) is 0.455. The van der Waals surface area contributed by atoms with Gasteiger partial charge in [-0.15, -0.1) is 0 Å². The van der Waals surface area contributed by atoms with Crippen LogP contribution in [0.2, 0.25) is 0 Å². The van der Waals surface area contributed by atoms with Crippen LogP contribution >= 0.6 is 0 Å². The lowest BCUT2D eigenvalue weighted by molar-refractivity contribution is -0.0860. The fourth-order valence-corrected chi connectivity index (χ4v) is 1.18. The van der Waals surface area contributed by atoms with Crippen molar-refractivity contribution < 1.29 is 20.1 Å². The molecule has 4 heteroatoms. The molecular formula is C11H16O4. The first-order chi connectivity index (χ1) is 7.27. The Kier molecular flexibility index (Phi) is 5.28. The fourth-order valence-electron chi connectivity index (χ4n) is 1.18. The lowest BCUT2D eigenvalue weighted by Crippen LogP contribution is -2.34. The van der Waals surface area contributed by atoms with Crippen LogP contribution in [0, 0.1) is 0 Å². The van der Waals surface area contributed by atoms with E-state index in [1.165, 1.54) is 0 Å². The first kappa shape index (κ1) is 12.1. The maximum atomic E-state index is 9.26. The lowest BCUT2D eigenvalue weighted by Gasteiger charge is -2.19. The summed E-state index contributed by atoms with van der Waals surface area (Å²) in [6.45, 7) is -0.419. The van der Waals surface area contributed by atoms with Crippen molar-refractivity contribution in [2.75, 3.05) is 13.2 Å². The SMILES string of the molecule is OC[C@H](O)[C@@H](CO)OCc1ccccc1. The van der Waals surface area contributed by atoms with Gasteiger partial charge in [0, 0.05) is 0 Å². The van der Waals surface area contributed by atoms with E-state index in [0.29, 0.717) is 6.61 Å². The third-order valence-electron chi connectivity index (χ3n) is 2.10. The van der Waals surface area contributed by atoms with E-state index in [-0.39, 0.29) is 6.61 Å². The Morgan fingerprint density at radius 2 is 1.73 bits per heavy atom. The molecule has 0 unspecified atom stereocenters. The third-order valence-corrected chi connectivity index (χ3v) is 2.10. The molecule has 0 aromatic heterocycles. The Morgan fingerprint density at radius 1 is 1.07 bits per heavy atom. The zero-order valence-corrected chi connectivity index (χ0v) is 8.41. The van der Waals surface area contributed by atoms with Gasteiger partial charge < -0.3 is 20.1 Å². The van der Waals surface area contributed by atoms with Gasteiger partial charge in [-0.05, 0) is 5.56 Å². The number of hydrogen-bond donors (Lipinski definition) is 3. The van der Waals surface area contributed by atoms with Crippen molar-refractivity contribution in [1.29, 1.82) is 0 Å². The number of benzene rings is 1. The Balaban J connectivity index is 2.41. The Bertz CT molecular complexity index is 263. The Hall–Kier alpha value is -0.940. The molecule has 0 fully saturated rings. The third kappa shape index (κ3) is 3.97. The summed E-state index contributed by atoms with van der Waals surface area (Å²) in [5.41, 5.74) is 0.959. The van der Waals surface area contributed by atoms with Gasteiger partial charge in [0.05, 0.1) is 19.8 Å². The normalized spacial score (nSPS) is 14.9. The standard InChI is InChI=1S/C11H16O4/c12-6-10(14)11(7-13)15-8-9-4-2-1-3-5-9/h1-5,10-14H,6-8H2/t10-,11+/m0/s1. The molecule has 3 N–H and O–H groups in total. The lowest BCUT2D eigenvalue weighted by atomic mass is 10.2. The van der Waals surface area contributed by atoms with Crippen LogP contribution in [0.3, 0.4) is 0 Å². The minimum atomic E-state index is -1.04. The number of aliphatic hydroxyl groups excluding tert-OH is 3. The topological polar surface area (TPSA) is 69.9 Å². The molecule has 1 rings (SSSR count). The molecule has 1 aromatic carbocycles. The summed E-state index contributed by atoms with van der Waals surface area (Å²) >= 11 is 0. The molecule has 15 heavy (non-hydrogen) atoms. The molecule has 4 nitrogen and oxygen atoms in total. The highest BCUT2D eigenvalue weighted by atomic mass is 16.5. The second kappa shape index (κ2) is 6.53. The Morgan fingerprint density at radius 3 is 2.27 bits per heavy atom. The molecular weight excluding hydrogens is 196 g/mol. The Labute approximate surface area is 88.8 Å². The smallest absolute Gasteiger partial charge is 0.109 e. The van der Waals surface area contributed by atoms with Crippen molar-refractivity contribution >= 4 is 0 Å². The van der Waals surface area contributed by atoms with Gasteiger partial charge in [-0.3, -0.25) is 0 Å². The maximum Gasteiger partial charge on any atom is 0.109 e. The van der Waals surface area contributed by atoms with Gasteiger partial charge in [0.25, 0.3) is 0 Å². The van der Waals surface area contributed by atoms with E-state index in [0.717, 1.165) is 5.56 Å². The van der Waals surface area contributed by atoms with Crippen LogP contribution in [-0.2, 0) is 11.3 Å². The molecule has 2 atom stereocenters. The van der Waals surface area contributed by atoms with Crippen LogP contribution in [0.15, 0.2) is 30.3 Å². The molecule has 0 amide bonds. The number of rotatable bonds is 6. The van der Waals surface area contributed by atoms with Crippen molar-refractivity contribution in [3.8, 4) is 0 Å². The van der Waals surface area contributed by atoms with Gasteiger partial charge >= 0.3 is 0 Å². The zero-order valence-electron chi connectivity index (χ0n) is 8.41. The van der Waals surface area contributed by atoms with Crippen molar-refractivity contribution in [1.82, 2.24) is 0 Å². The van der Waals surface area contributed by atoms with Gasteiger partial charge in [-0.2, -0.15) is 0 Å². The van der Waals surface area contributed by atoms with E-state index in [2.05, 4.69) is 0 Å². The van der Waals surface area contributed by atoms with Gasteiger partial charge in [0.15, 0.2) is 0 Å². The summed E-state index contributed by atoms with van der Waals surface area (Å²) in [5, 5.41) is 26.9. The van der Waals surface area contributed by atoms with Gasteiger partial charge in [0.2, 0.25) is 0 Å². The summed E-state index contributed by atoms with van der Waals surface area (Å²) in [6.07, 6.45) is -1.78. The molecule has 0 aliphatic carbocycles. The second-order valence-corrected chi connectivity index (χ2v) is 3.27. The van der Waals surface area contributed by atoms with Crippen molar-refractivity contribution in [3.05, 3.63) is 35.9 Å². The maximum absolute atomic E-state index is 9.26. The van der Waals surface area contributed by atoms with Crippen LogP contribution < -0.4 is 0 Å². The van der Waals surface area contributed by atoms with Crippen LogP contribution in [0.1, 0.15) is 5.56 Å². The van der Waals surface area contributed by atoms with Crippen molar-refractivity contribution in [2.24, 2.45) is 0 Å². The molecule has 0 saturated heterocycles. The van der Waals surface area contributed by atoms with Crippen LogP contribution in [0.4, 0.5) is 0 Å². The van der Waals surface area contributed by atoms with Crippen molar-refractivity contribution in [3.63, 3.8) is 0 Å². The van der Waals surface area contributed by atoms with E-state index in [4.69, 9.17) is 14.9 Å². The van der Waals surface area contributed by atoms with E-state index in [1.54, 1.807) is 0 Å². The summed E-state index contributed by atoms with van der Waals surface area (Å²) in [7, 11) is 0. The van der Waals surface area contributed by atoms with E-state index in [9.17, 15) is 5.11 Å². The average Bonchev–Trinajstić information content (AvgIpc) is 2.31. The average molecular weight is 212 g/mol. The molecule has 0 aliphatic heterocycles. The molecule has 0 spiro atoms. The molecule has 0 bridgehead atoms. The molecule has 0 aliphatic rings. The van der Waals surface area contributed by atoms with Crippen molar-refractivity contribution in [2.45, 2.75) is 18.8 Å². The minimum absolute atomic E-state index is 0.309. The van der Waals surface area contributed by atoms with Crippen LogP contribution in [-0.4, -0.2) is 40.7 Å². The predicted octanol–water partition coefficient (Wildman–Crippen LogP) is -0.0827. The molecule has 0 heterocycles. The van der Waals surface area contributed by atoms with E-state index in [1.807, 2.05) is 30.3 Å². The highest BCUT2D eigenvalue weighted by Crippen LogP contribution is 2.05. The predicted molar refractivity (Wildman–Crippen MR) is 55.2 cm³/mol. The van der Waals surface area contributed by atoms with E-state index >= 15 is 0 Å².